The molecule has 6 heteroatoms. The van der Waals surface area contributed by atoms with Gasteiger partial charge in [0.15, 0.2) is 0 Å². The molecule has 0 fully saturated rings. The van der Waals surface area contributed by atoms with Gasteiger partial charge >= 0.3 is 0 Å². The molecule has 0 saturated carbocycles. The fraction of sp³-hybridized carbons (Fsp3) is 0.136. The predicted molar refractivity (Wildman–Crippen MR) is 113 cm³/mol. The lowest BCUT2D eigenvalue weighted by molar-refractivity contribution is -0.113. The number of thioether (sulfide) groups is 1. The number of carbonyl (C=O) groups excluding carboxylic acids is 1. The molecule has 0 aliphatic carbocycles. The summed E-state index contributed by atoms with van der Waals surface area (Å²) < 4.78 is 5.78. The van der Waals surface area contributed by atoms with Crippen LogP contribution in [-0.4, -0.2) is 21.9 Å². The molecule has 0 saturated heterocycles. The van der Waals surface area contributed by atoms with Crippen LogP contribution in [0.1, 0.15) is 11.1 Å². The summed E-state index contributed by atoms with van der Waals surface area (Å²) in [4.78, 5) is 12.3. The molecule has 0 aliphatic rings. The van der Waals surface area contributed by atoms with Crippen molar-refractivity contribution in [3.8, 4) is 11.5 Å². The molecule has 5 nitrogen and oxygen atoms in total. The van der Waals surface area contributed by atoms with Crippen LogP contribution in [0.5, 0.6) is 0 Å². The maximum atomic E-state index is 12.3. The van der Waals surface area contributed by atoms with E-state index in [1.165, 1.54) is 11.8 Å². The molecule has 4 rings (SSSR count). The van der Waals surface area contributed by atoms with Gasteiger partial charge in [-0.3, -0.25) is 4.79 Å². The van der Waals surface area contributed by atoms with E-state index in [2.05, 4.69) is 15.5 Å². The molecular formula is C22H19N3O2S. The molecule has 4 aromatic rings. The van der Waals surface area contributed by atoms with Gasteiger partial charge in [0.2, 0.25) is 11.8 Å². The van der Waals surface area contributed by atoms with Crippen molar-refractivity contribution >= 4 is 34.1 Å². The summed E-state index contributed by atoms with van der Waals surface area (Å²) in [6.07, 6.45) is 0. The third kappa shape index (κ3) is 3.92. The minimum Gasteiger partial charge on any atom is -0.411 e. The summed E-state index contributed by atoms with van der Waals surface area (Å²) in [5.74, 6) is 0.542. The SMILES string of the molecule is Cc1ccc(NC(=O)CSc2nnc(-c3cccc4ccccc34)o2)c(C)c1. The number of hydrogen-bond donors (Lipinski definition) is 1. The first-order chi connectivity index (χ1) is 13.6. The van der Waals surface area contributed by atoms with Crippen molar-refractivity contribution in [1.82, 2.24) is 10.2 Å². The monoisotopic (exact) mass is 389 g/mol. The second kappa shape index (κ2) is 7.86. The quantitative estimate of drug-likeness (QED) is 0.473. The van der Waals surface area contributed by atoms with Crippen LogP contribution in [-0.2, 0) is 4.79 Å². The van der Waals surface area contributed by atoms with Crippen LogP contribution < -0.4 is 5.32 Å². The Kier molecular flexibility index (Phi) is 5.12. The van der Waals surface area contributed by atoms with Gasteiger partial charge in [0.05, 0.1) is 5.75 Å². The van der Waals surface area contributed by atoms with Gasteiger partial charge in [0.1, 0.15) is 0 Å². The highest BCUT2D eigenvalue weighted by atomic mass is 32.2. The minimum absolute atomic E-state index is 0.109. The molecule has 1 heterocycles. The number of benzene rings is 3. The van der Waals surface area contributed by atoms with E-state index in [9.17, 15) is 4.79 Å². The Morgan fingerprint density at radius 3 is 2.71 bits per heavy atom. The van der Waals surface area contributed by atoms with Crippen LogP contribution in [0.15, 0.2) is 70.3 Å². The second-order valence-corrected chi connectivity index (χ2v) is 7.48. The Labute approximate surface area is 167 Å². The molecular weight excluding hydrogens is 370 g/mol. The molecule has 28 heavy (non-hydrogen) atoms. The third-order valence-electron chi connectivity index (χ3n) is 4.41. The predicted octanol–water partition coefficient (Wildman–Crippen LogP) is 5.24. The molecule has 1 aromatic heterocycles. The van der Waals surface area contributed by atoms with Crippen LogP contribution in [0.25, 0.3) is 22.2 Å². The van der Waals surface area contributed by atoms with Crippen molar-refractivity contribution in [2.45, 2.75) is 19.1 Å². The molecule has 1 amide bonds. The van der Waals surface area contributed by atoms with E-state index >= 15 is 0 Å². The lowest BCUT2D eigenvalue weighted by Gasteiger charge is -2.08. The maximum absolute atomic E-state index is 12.3. The first-order valence-corrected chi connectivity index (χ1v) is 9.90. The fourth-order valence-corrected chi connectivity index (χ4v) is 3.62. The molecule has 0 bridgehead atoms. The van der Waals surface area contributed by atoms with E-state index in [1.54, 1.807) is 0 Å². The topological polar surface area (TPSA) is 68.0 Å². The van der Waals surface area contributed by atoms with E-state index in [1.807, 2.05) is 74.5 Å². The molecule has 1 N–H and O–H groups in total. The molecule has 140 valence electrons. The number of amides is 1. The Morgan fingerprint density at radius 1 is 1.04 bits per heavy atom. The lowest BCUT2D eigenvalue weighted by Crippen LogP contribution is -2.14. The highest BCUT2D eigenvalue weighted by molar-refractivity contribution is 7.99. The van der Waals surface area contributed by atoms with Crippen LogP contribution in [0.4, 0.5) is 5.69 Å². The zero-order valence-corrected chi connectivity index (χ0v) is 16.4. The highest BCUT2D eigenvalue weighted by Gasteiger charge is 2.13. The second-order valence-electron chi connectivity index (χ2n) is 6.56. The molecule has 0 atom stereocenters. The van der Waals surface area contributed by atoms with E-state index in [4.69, 9.17) is 4.42 Å². The van der Waals surface area contributed by atoms with Gasteiger partial charge in [0, 0.05) is 11.3 Å². The number of anilines is 1. The first kappa shape index (κ1) is 18.3. The van der Waals surface area contributed by atoms with Crippen molar-refractivity contribution in [1.29, 1.82) is 0 Å². The zero-order valence-electron chi connectivity index (χ0n) is 15.6. The van der Waals surface area contributed by atoms with E-state index in [0.717, 1.165) is 33.2 Å². The van der Waals surface area contributed by atoms with Crippen LogP contribution in [0.3, 0.4) is 0 Å². The molecule has 0 aliphatic heterocycles. The fourth-order valence-electron chi connectivity index (χ4n) is 3.06. The summed E-state index contributed by atoms with van der Waals surface area (Å²) >= 11 is 1.23. The molecule has 0 spiro atoms. The van der Waals surface area contributed by atoms with Crippen molar-refractivity contribution in [3.05, 3.63) is 71.8 Å². The van der Waals surface area contributed by atoms with Gasteiger partial charge in [-0.2, -0.15) is 0 Å². The number of carbonyl (C=O) groups is 1. The average Bonchev–Trinajstić information content (AvgIpc) is 3.17. The average molecular weight is 389 g/mol. The smallest absolute Gasteiger partial charge is 0.277 e. The van der Waals surface area contributed by atoms with Gasteiger partial charge < -0.3 is 9.73 Å². The number of aryl methyl sites for hydroxylation is 2. The molecule has 0 unspecified atom stereocenters. The van der Waals surface area contributed by atoms with Gasteiger partial charge in [-0.25, -0.2) is 0 Å². The van der Waals surface area contributed by atoms with Gasteiger partial charge in [0.25, 0.3) is 5.22 Å². The Morgan fingerprint density at radius 2 is 1.86 bits per heavy atom. The number of aromatic nitrogens is 2. The van der Waals surface area contributed by atoms with E-state index in [0.29, 0.717) is 11.1 Å². The van der Waals surface area contributed by atoms with E-state index in [-0.39, 0.29) is 11.7 Å². The summed E-state index contributed by atoms with van der Waals surface area (Å²) in [5.41, 5.74) is 3.90. The summed E-state index contributed by atoms with van der Waals surface area (Å²) in [6, 6.07) is 19.9. The summed E-state index contributed by atoms with van der Waals surface area (Å²) in [7, 11) is 0. The largest absolute Gasteiger partial charge is 0.411 e. The number of nitrogens with one attached hydrogen (secondary N) is 1. The minimum atomic E-state index is -0.109. The molecule has 3 aromatic carbocycles. The van der Waals surface area contributed by atoms with Crippen molar-refractivity contribution in [2.75, 3.05) is 11.1 Å². The lowest BCUT2D eigenvalue weighted by atomic mass is 10.0. The van der Waals surface area contributed by atoms with Crippen LogP contribution in [0.2, 0.25) is 0 Å². The number of rotatable bonds is 5. The number of nitrogens with zero attached hydrogens (tertiary/aromatic N) is 2. The Hall–Kier alpha value is -3.12. The zero-order chi connectivity index (χ0) is 19.5. The Balaban J connectivity index is 1.44. The van der Waals surface area contributed by atoms with Gasteiger partial charge in [-0.15, -0.1) is 10.2 Å². The molecule has 0 radical (unpaired) electrons. The van der Waals surface area contributed by atoms with Crippen LogP contribution >= 0.6 is 11.8 Å². The Bertz CT molecular complexity index is 1150. The normalized spacial score (nSPS) is 10.9. The van der Waals surface area contributed by atoms with Crippen molar-refractivity contribution in [3.63, 3.8) is 0 Å². The standard InChI is InChI=1S/C22H19N3O2S/c1-14-10-11-19(15(2)12-14)23-20(26)13-28-22-25-24-21(27-22)18-9-5-7-16-6-3-4-8-17(16)18/h3-12H,13H2,1-2H3,(H,23,26). The van der Waals surface area contributed by atoms with Gasteiger partial charge in [-0.05, 0) is 42.3 Å². The van der Waals surface area contributed by atoms with Crippen molar-refractivity contribution < 1.29 is 9.21 Å². The number of fused-ring (bicyclic) bond motifs is 1. The van der Waals surface area contributed by atoms with Gasteiger partial charge in [-0.1, -0.05) is 65.9 Å². The third-order valence-corrected chi connectivity index (χ3v) is 5.23. The van der Waals surface area contributed by atoms with Crippen LogP contribution in [0, 0.1) is 13.8 Å². The van der Waals surface area contributed by atoms with E-state index < -0.39 is 0 Å². The van der Waals surface area contributed by atoms with Crippen molar-refractivity contribution in [2.24, 2.45) is 0 Å². The summed E-state index contributed by atoms with van der Waals surface area (Å²) in [5, 5.41) is 13.7. The highest BCUT2D eigenvalue weighted by Crippen LogP contribution is 2.29. The summed E-state index contributed by atoms with van der Waals surface area (Å²) in [6.45, 7) is 4.00. The maximum Gasteiger partial charge on any atom is 0.277 e. The first-order valence-electron chi connectivity index (χ1n) is 8.92. The number of hydrogen-bond acceptors (Lipinski definition) is 5.